The molecule has 0 aromatic carbocycles. The molecular weight excluding hydrogens is 222 g/mol. The lowest BCUT2D eigenvalue weighted by Crippen LogP contribution is -2.51. The summed E-state index contributed by atoms with van der Waals surface area (Å²) >= 11 is 1.98. The Bertz CT molecular complexity index is 307. The average molecular weight is 241 g/mol. The Morgan fingerprint density at radius 2 is 2.25 bits per heavy atom. The van der Waals surface area contributed by atoms with Crippen molar-refractivity contribution in [2.75, 3.05) is 25.2 Å². The Labute approximate surface area is 101 Å². The molecule has 0 amide bonds. The minimum absolute atomic E-state index is 0.0436. The van der Waals surface area contributed by atoms with Crippen molar-refractivity contribution in [2.24, 2.45) is 0 Å². The van der Waals surface area contributed by atoms with Crippen LogP contribution >= 0.6 is 11.8 Å². The maximum absolute atomic E-state index is 9.66. The number of thioether (sulfide) groups is 1. The summed E-state index contributed by atoms with van der Waals surface area (Å²) in [5.41, 5.74) is -0.0436. The third-order valence-electron chi connectivity index (χ3n) is 3.50. The van der Waals surface area contributed by atoms with E-state index in [1.54, 1.807) is 6.26 Å². The second-order valence-electron chi connectivity index (χ2n) is 4.43. The van der Waals surface area contributed by atoms with E-state index in [0.717, 1.165) is 36.7 Å². The first-order valence-corrected chi connectivity index (χ1v) is 6.84. The molecule has 2 heterocycles. The maximum Gasteiger partial charge on any atom is 0.117 e. The van der Waals surface area contributed by atoms with Crippen LogP contribution in [0, 0.1) is 0 Å². The van der Waals surface area contributed by atoms with Crippen LogP contribution in [0.4, 0.5) is 0 Å². The monoisotopic (exact) mass is 241 g/mol. The third kappa shape index (κ3) is 2.44. The van der Waals surface area contributed by atoms with Gasteiger partial charge in [0.05, 0.1) is 19.4 Å². The van der Waals surface area contributed by atoms with Crippen LogP contribution in [0.5, 0.6) is 0 Å². The predicted octanol–water partition coefficient (Wildman–Crippen LogP) is 1.97. The SMILES string of the molecule is CN(Cc1ccco1)C1(CO)CCSCC1. The van der Waals surface area contributed by atoms with Gasteiger partial charge in [0.25, 0.3) is 0 Å². The normalized spacial score (nSPS) is 20.2. The Hall–Kier alpha value is -0.450. The standard InChI is InChI=1S/C12H19NO2S/c1-13(9-11-3-2-6-15-11)12(10-14)4-7-16-8-5-12/h2-3,6,14H,4-5,7-10H2,1H3. The predicted molar refractivity (Wildman–Crippen MR) is 66.6 cm³/mol. The molecule has 1 fully saturated rings. The molecule has 0 radical (unpaired) electrons. The van der Waals surface area contributed by atoms with Gasteiger partial charge in [0.15, 0.2) is 0 Å². The van der Waals surface area contributed by atoms with Crippen molar-refractivity contribution >= 4 is 11.8 Å². The van der Waals surface area contributed by atoms with Crippen molar-refractivity contribution < 1.29 is 9.52 Å². The van der Waals surface area contributed by atoms with E-state index in [9.17, 15) is 5.11 Å². The molecule has 0 atom stereocenters. The molecule has 0 unspecified atom stereocenters. The molecule has 16 heavy (non-hydrogen) atoms. The lowest BCUT2D eigenvalue weighted by Gasteiger charge is -2.42. The minimum Gasteiger partial charge on any atom is -0.468 e. The van der Waals surface area contributed by atoms with Crippen LogP contribution in [0.1, 0.15) is 18.6 Å². The molecule has 0 saturated carbocycles. The third-order valence-corrected chi connectivity index (χ3v) is 4.49. The average Bonchev–Trinajstić information content (AvgIpc) is 2.82. The van der Waals surface area contributed by atoms with Crippen molar-refractivity contribution in [3.63, 3.8) is 0 Å². The van der Waals surface area contributed by atoms with Gasteiger partial charge in [-0.2, -0.15) is 11.8 Å². The van der Waals surface area contributed by atoms with Gasteiger partial charge in [0.2, 0.25) is 0 Å². The van der Waals surface area contributed by atoms with Crippen LogP contribution in [0.3, 0.4) is 0 Å². The number of likely N-dealkylation sites (N-methyl/N-ethyl adjacent to an activating group) is 1. The van der Waals surface area contributed by atoms with E-state index in [2.05, 4.69) is 11.9 Å². The molecule has 0 spiro atoms. The van der Waals surface area contributed by atoms with Crippen molar-refractivity contribution in [1.82, 2.24) is 4.90 Å². The zero-order valence-electron chi connectivity index (χ0n) is 9.69. The van der Waals surface area contributed by atoms with E-state index in [1.165, 1.54) is 0 Å². The lowest BCUT2D eigenvalue weighted by molar-refractivity contribution is 0.0319. The zero-order valence-corrected chi connectivity index (χ0v) is 10.5. The van der Waals surface area contributed by atoms with Crippen LogP contribution in [0.2, 0.25) is 0 Å². The molecule has 1 aliphatic heterocycles. The largest absolute Gasteiger partial charge is 0.468 e. The van der Waals surface area contributed by atoms with E-state index < -0.39 is 0 Å². The van der Waals surface area contributed by atoms with Gasteiger partial charge in [-0.3, -0.25) is 4.90 Å². The highest BCUT2D eigenvalue weighted by atomic mass is 32.2. The molecule has 2 rings (SSSR count). The van der Waals surface area contributed by atoms with Crippen LogP contribution in [-0.2, 0) is 6.54 Å². The van der Waals surface area contributed by atoms with Gasteiger partial charge in [-0.15, -0.1) is 0 Å². The Kier molecular flexibility index (Phi) is 3.95. The lowest BCUT2D eigenvalue weighted by atomic mass is 9.91. The van der Waals surface area contributed by atoms with Gasteiger partial charge in [-0.1, -0.05) is 0 Å². The zero-order chi connectivity index (χ0) is 11.4. The van der Waals surface area contributed by atoms with E-state index >= 15 is 0 Å². The second kappa shape index (κ2) is 5.25. The molecule has 0 bridgehead atoms. The highest BCUT2D eigenvalue weighted by molar-refractivity contribution is 7.99. The van der Waals surface area contributed by atoms with Crippen LogP contribution in [-0.4, -0.2) is 40.7 Å². The Morgan fingerprint density at radius 1 is 1.50 bits per heavy atom. The number of aliphatic hydroxyl groups is 1. The van der Waals surface area contributed by atoms with Gasteiger partial charge >= 0.3 is 0 Å². The van der Waals surface area contributed by atoms with Crippen molar-refractivity contribution in [3.8, 4) is 0 Å². The highest BCUT2D eigenvalue weighted by Crippen LogP contribution is 2.32. The second-order valence-corrected chi connectivity index (χ2v) is 5.65. The summed E-state index contributed by atoms with van der Waals surface area (Å²) in [6, 6.07) is 3.89. The van der Waals surface area contributed by atoms with Gasteiger partial charge < -0.3 is 9.52 Å². The number of nitrogens with zero attached hydrogens (tertiary/aromatic N) is 1. The fourth-order valence-corrected chi connectivity index (χ4v) is 3.47. The number of hydrogen-bond acceptors (Lipinski definition) is 4. The van der Waals surface area contributed by atoms with Crippen molar-refractivity contribution in [1.29, 1.82) is 0 Å². The summed E-state index contributed by atoms with van der Waals surface area (Å²) in [7, 11) is 2.08. The van der Waals surface area contributed by atoms with Crippen molar-refractivity contribution in [3.05, 3.63) is 24.2 Å². The smallest absolute Gasteiger partial charge is 0.117 e. The molecule has 1 aromatic heterocycles. The van der Waals surface area contributed by atoms with E-state index in [-0.39, 0.29) is 12.1 Å². The number of aliphatic hydroxyl groups excluding tert-OH is 1. The topological polar surface area (TPSA) is 36.6 Å². The first-order chi connectivity index (χ1) is 7.77. The quantitative estimate of drug-likeness (QED) is 0.874. The summed E-state index contributed by atoms with van der Waals surface area (Å²) in [4.78, 5) is 2.24. The molecule has 0 aliphatic carbocycles. The summed E-state index contributed by atoms with van der Waals surface area (Å²) in [5.74, 6) is 3.25. The fourth-order valence-electron chi connectivity index (χ4n) is 2.22. The first-order valence-electron chi connectivity index (χ1n) is 5.69. The van der Waals surface area contributed by atoms with Gasteiger partial charge in [0.1, 0.15) is 5.76 Å². The van der Waals surface area contributed by atoms with E-state index in [0.29, 0.717) is 0 Å². The van der Waals surface area contributed by atoms with E-state index in [1.807, 2.05) is 23.9 Å². The van der Waals surface area contributed by atoms with Crippen LogP contribution in [0.25, 0.3) is 0 Å². The summed E-state index contributed by atoms with van der Waals surface area (Å²) in [6.07, 6.45) is 3.82. The molecule has 90 valence electrons. The molecule has 1 aromatic rings. The molecular formula is C12H19NO2S. The maximum atomic E-state index is 9.66. The van der Waals surface area contributed by atoms with Crippen LogP contribution < -0.4 is 0 Å². The highest BCUT2D eigenvalue weighted by Gasteiger charge is 2.35. The molecule has 1 N–H and O–H groups in total. The molecule has 1 saturated heterocycles. The summed E-state index contributed by atoms with van der Waals surface area (Å²) in [6.45, 7) is 1.02. The molecule has 4 heteroatoms. The number of furan rings is 1. The Balaban J connectivity index is 2.02. The summed E-state index contributed by atoms with van der Waals surface area (Å²) < 4.78 is 5.36. The summed E-state index contributed by atoms with van der Waals surface area (Å²) in [5, 5.41) is 9.66. The minimum atomic E-state index is -0.0436. The van der Waals surface area contributed by atoms with Gasteiger partial charge in [0, 0.05) is 5.54 Å². The van der Waals surface area contributed by atoms with Crippen molar-refractivity contribution in [2.45, 2.75) is 24.9 Å². The fraction of sp³-hybridized carbons (Fsp3) is 0.667. The van der Waals surface area contributed by atoms with Gasteiger partial charge in [-0.25, -0.2) is 0 Å². The van der Waals surface area contributed by atoms with Crippen LogP contribution in [0.15, 0.2) is 22.8 Å². The molecule has 1 aliphatic rings. The molecule has 3 nitrogen and oxygen atoms in total. The Morgan fingerprint density at radius 3 is 2.81 bits per heavy atom. The van der Waals surface area contributed by atoms with Gasteiger partial charge in [-0.05, 0) is 43.5 Å². The first kappa shape index (κ1) is 12.0. The number of rotatable bonds is 4. The van der Waals surface area contributed by atoms with E-state index in [4.69, 9.17) is 4.42 Å². The number of hydrogen-bond donors (Lipinski definition) is 1.